The van der Waals surface area contributed by atoms with Gasteiger partial charge >= 0.3 is 6.18 Å². The second kappa shape index (κ2) is 9.42. The summed E-state index contributed by atoms with van der Waals surface area (Å²) in [6.07, 6.45) is -3.65. The van der Waals surface area contributed by atoms with Crippen LogP contribution in [0.3, 0.4) is 0 Å². The number of nitrogens with zero attached hydrogens (tertiary/aromatic N) is 4. The molecule has 1 aliphatic heterocycles. The largest absolute Gasteiger partial charge is 0.431 e. The summed E-state index contributed by atoms with van der Waals surface area (Å²) >= 11 is 0. The molecule has 4 N–H and O–H groups in total. The predicted octanol–water partition coefficient (Wildman–Crippen LogP) is 2.82. The fraction of sp³-hybridized carbons (Fsp3) is 0.300. The van der Waals surface area contributed by atoms with Crippen molar-refractivity contribution in [2.45, 2.75) is 19.5 Å². The van der Waals surface area contributed by atoms with Gasteiger partial charge in [-0.15, -0.1) is 0 Å². The van der Waals surface area contributed by atoms with Gasteiger partial charge in [-0.25, -0.2) is 9.38 Å². The molecule has 0 aliphatic carbocycles. The lowest BCUT2D eigenvalue weighted by molar-refractivity contribution is -0.128. The lowest BCUT2D eigenvalue weighted by atomic mass is 10.00. The van der Waals surface area contributed by atoms with Crippen molar-refractivity contribution in [3.05, 3.63) is 46.4 Å². The van der Waals surface area contributed by atoms with Gasteiger partial charge in [-0.2, -0.15) is 18.4 Å². The van der Waals surface area contributed by atoms with Gasteiger partial charge in [-0.3, -0.25) is 9.79 Å². The molecule has 0 fully saturated rings. The maximum absolute atomic E-state index is 14.6. The van der Waals surface area contributed by atoms with Crippen molar-refractivity contribution in [3.63, 3.8) is 0 Å². The lowest BCUT2D eigenvalue weighted by Crippen LogP contribution is -2.38. The van der Waals surface area contributed by atoms with E-state index in [1.165, 1.54) is 24.9 Å². The van der Waals surface area contributed by atoms with Gasteiger partial charge in [0.25, 0.3) is 0 Å². The highest BCUT2D eigenvalue weighted by Crippen LogP contribution is 2.30. The van der Waals surface area contributed by atoms with Crippen LogP contribution in [0.5, 0.6) is 0 Å². The van der Waals surface area contributed by atoms with E-state index in [-0.39, 0.29) is 36.0 Å². The van der Waals surface area contributed by atoms with Crippen LogP contribution in [0.15, 0.2) is 45.0 Å². The van der Waals surface area contributed by atoms with E-state index in [1.807, 2.05) is 6.07 Å². The Balaban J connectivity index is 2.48. The van der Waals surface area contributed by atoms with Crippen molar-refractivity contribution in [1.82, 2.24) is 4.90 Å². The zero-order valence-corrected chi connectivity index (χ0v) is 16.8. The van der Waals surface area contributed by atoms with E-state index in [1.54, 1.807) is 0 Å². The second-order valence-electron chi connectivity index (χ2n) is 6.64. The van der Waals surface area contributed by atoms with E-state index in [0.717, 1.165) is 18.3 Å². The minimum Gasteiger partial charge on any atom is -0.394 e. The van der Waals surface area contributed by atoms with Crippen molar-refractivity contribution in [3.8, 4) is 6.07 Å². The van der Waals surface area contributed by atoms with Crippen LogP contribution < -0.4 is 11.5 Å². The minimum atomic E-state index is -4.82. The zero-order valence-electron chi connectivity index (χ0n) is 16.8. The Morgan fingerprint density at radius 2 is 2.00 bits per heavy atom. The standard InChI is InChI=1S/C20H20F4N6O/c1-11(31)30-6-5-13(8-25)15(10-30)19(27)29-17-4-3-12(7-16(17)21)14(9-28-2)18(26)20(22,23)24/h3-4,7,9H,5-6,10,26H2,1-2H3,(H2,27,29). The molecule has 2 rings (SSSR count). The van der Waals surface area contributed by atoms with Crippen molar-refractivity contribution < 1.29 is 22.4 Å². The lowest BCUT2D eigenvalue weighted by Gasteiger charge is -2.27. The first kappa shape index (κ1) is 23.6. The Labute approximate surface area is 176 Å². The summed E-state index contributed by atoms with van der Waals surface area (Å²) in [6.45, 7) is 1.78. The van der Waals surface area contributed by atoms with Crippen LogP contribution in [0.25, 0.3) is 5.57 Å². The maximum atomic E-state index is 14.6. The third-order valence-electron chi connectivity index (χ3n) is 4.59. The molecule has 0 saturated carbocycles. The van der Waals surface area contributed by atoms with Crippen LogP contribution in [0.1, 0.15) is 18.9 Å². The van der Waals surface area contributed by atoms with Crippen molar-refractivity contribution in [1.29, 1.82) is 5.26 Å². The first-order chi connectivity index (χ1) is 14.5. The number of allylic oxidation sites excluding steroid dienone is 2. The highest BCUT2D eigenvalue weighted by molar-refractivity contribution is 6.11. The summed E-state index contributed by atoms with van der Waals surface area (Å²) in [5.74, 6) is -1.32. The average molecular weight is 436 g/mol. The normalized spacial score (nSPS) is 16.4. The number of aliphatic imine (C=N–C) groups is 2. The number of carbonyl (C=O) groups is 1. The topological polar surface area (TPSA) is 121 Å². The molecule has 1 aromatic carbocycles. The van der Waals surface area contributed by atoms with Crippen LogP contribution in [-0.4, -0.2) is 49.2 Å². The number of hydrogen-bond donors (Lipinski definition) is 2. The van der Waals surface area contributed by atoms with Gasteiger partial charge in [0.15, 0.2) is 0 Å². The molecule has 0 unspecified atom stereocenters. The second-order valence-corrected chi connectivity index (χ2v) is 6.64. The number of hydrogen-bond acceptors (Lipinski definition) is 5. The molecule has 0 radical (unpaired) electrons. The first-order valence-corrected chi connectivity index (χ1v) is 9.00. The molecular weight excluding hydrogens is 416 g/mol. The maximum Gasteiger partial charge on any atom is 0.431 e. The summed E-state index contributed by atoms with van der Waals surface area (Å²) in [5, 5.41) is 9.30. The highest BCUT2D eigenvalue weighted by atomic mass is 19.4. The molecule has 1 amide bonds. The Bertz CT molecular complexity index is 1050. The number of amides is 1. The van der Waals surface area contributed by atoms with Crippen molar-refractivity contribution in [2.75, 3.05) is 20.1 Å². The number of nitriles is 1. The molecule has 0 saturated heterocycles. The van der Waals surface area contributed by atoms with Crippen LogP contribution in [0, 0.1) is 17.1 Å². The van der Waals surface area contributed by atoms with Gasteiger partial charge in [0.05, 0.1) is 12.6 Å². The van der Waals surface area contributed by atoms with Gasteiger partial charge in [-0.1, -0.05) is 6.07 Å². The average Bonchev–Trinajstić information content (AvgIpc) is 2.71. The predicted molar refractivity (Wildman–Crippen MR) is 109 cm³/mol. The molecule has 1 aliphatic rings. The number of amidine groups is 1. The number of alkyl halides is 3. The van der Waals surface area contributed by atoms with E-state index >= 15 is 0 Å². The van der Waals surface area contributed by atoms with Crippen LogP contribution in [0.2, 0.25) is 0 Å². The Kier molecular flexibility index (Phi) is 7.17. The van der Waals surface area contributed by atoms with Gasteiger partial charge in [-0.05, 0) is 17.7 Å². The summed E-state index contributed by atoms with van der Waals surface area (Å²) in [4.78, 5) is 20.6. The molecule has 31 heavy (non-hydrogen) atoms. The summed E-state index contributed by atoms with van der Waals surface area (Å²) in [5.41, 5.74) is 9.47. The van der Waals surface area contributed by atoms with Crippen molar-refractivity contribution >= 4 is 29.2 Å². The van der Waals surface area contributed by atoms with Gasteiger partial charge < -0.3 is 16.4 Å². The van der Waals surface area contributed by atoms with Gasteiger partial charge in [0.2, 0.25) is 5.91 Å². The molecule has 164 valence electrons. The number of carbonyl (C=O) groups excluding carboxylic acids is 1. The fourth-order valence-corrected chi connectivity index (χ4v) is 2.93. The number of rotatable bonds is 4. The molecule has 7 nitrogen and oxygen atoms in total. The summed E-state index contributed by atoms with van der Waals surface area (Å²) in [7, 11) is 1.26. The third kappa shape index (κ3) is 5.48. The SMILES string of the molecule is CN=CC(=C(N)C(F)(F)F)c1ccc(N=C(N)C2=C(C#N)CCN(C(C)=O)C2)c(F)c1. The van der Waals surface area contributed by atoms with Crippen molar-refractivity contribution in [2.24, 2.45) is 21.5 Å². The summed E-state index contributed by atoms with van der Waals surface area (Å²) < 4.78 is 53.6. The Hall–Kier alpha value is -3.68. The molecule has 11 heteroatoms. The molecular formula is C20H20F4N6O. The number of halogens is 4. The van der Waals surface area contributed by atoms with Crippen LogP contribution >= 0.6 is 0 Å². The summed E-state index contributed by atoms with van der Waals surface area (Å²) in [6, 6.07) is 5.19. The van der Waals surface area contributed by atoms with Gasteiger partial charge in [0, 0.05) is 49.9 Å². The zero-order chi connectivity index (χ0) is 23.3. The van der Waals surface area contributed by atoms with E-state index in [2.05, 4.69) is 9.98 Å². The van der Waals surface area contributed by atoms with Gasteiger partial charge in [0.1, 0.15) is 23.0 Å². The molecule has 0 aromatic heterocycles. The molecule has 0 atom stereocenters. The monoisotopic (exact) mass is 436 g/mol. The van der Waals surface area contributed by atoms with E-state index in [0.29, 0.717) is 17.7 Å². The number of nitrogens with two attached hydrogens (primary N) is 2. The first-order valence-electron chi connectivity index (χ1n) is 9.00. The van der Waals surface area contributed by atoms with E-state index in [9.17, 15) is 27.6 Å². The fourth-order valence-electron chi connectivity index (χ4n) is 2.93. The third-order valence-corrected chi connectivity index (χ3v) is 4.59. The molecule has 0 spiro atoms. The van der Waals surface area contributed by atoms with Crippen LogP contribution in [0.4, 0.5) is 23.2 Å². The minimum absolute atomic E-state index is 0.0508. The van der Waals surface area contributed by atoms with Crippen LogP contribution in [-0.2, 0) is 4.79 Å². The molecule has 1 aromatic rings. The number of benzene rings is 1. The molecule has 1 heterocycles. The molecule has 0 bridgehead atoms. The highest BCUT2D eigenvalue weighted by Gasteiger charge is 2.34. The smallest absolute Gasteiger partial charge is 0.394 e. The Morgan fingerprint density at radius 3 is 2.52 bits per heavy atom. The van der Waals surface area contributed by atoms with E-state index < -0.39 is 23.3 Å². The Morgan fingerprint density at radius 1 is 1.32 bits per heavy atom. The quantitative estimate of drug-likeness (QED) is 0.428. The van der Waals surface area contributed by atoms with E-state index in [4.69, 9.17) is 11.5 Å².